The van der Waals surface area contributed by atoms with Crippen molar-refractivity contribution >= 4 is 21.6 Å². The minimum atomic E-state index is -3.57. The van der Waals surface area contributed by atoms with E-state index in [1.165, 1.54) is 17.4 Å². The summed E-state index contributed by atoms with van der Waals surface area (Å²) in [6.07, 6.45) is 1.39. The SMILES string of the molecule is Cc1cc(Cl)ccc1S(=O)(=O)N(C)CC(O)C1CC1. The minimum Gasteiger partial charge on any atom is -0.391 e. The molecule has 1 atom stereocenters. The highest BCUT2D eigenvalue weighted by atomic mass is 35.5. The molecule has 19 heavy (non-hydrogen) atoms. The third-order valence-electron chi connectivity index (χ3n) is 3.44. The number of nitrogens with zero attached hydrogens (tertiary/aromatic N) is 1. The van der Waals surface area contributed by atoms with Crippen LogP contribution in [0.3, 0.4) is 0 Å². The molecule has 1 aromatic carbocycles. The van der Waals surface area contributed by atoms with Gasteiger partial charge in [-0.3, -0.25) is 0 Å². The third-order valence-corrected chi connectivity index (χ3v) is 5.65. The largest absolute Gasteiger partial charge is 0.391 e. The third kappa shape index (κ3) is 3.28. The molecule has 0 heterocycles. The average molecular weight is 304 g/mol. The van der Waals surface area contributed by atoms with Crippen LogP contribution in [-0.2, 0) is 10.0 Å². The predicted octanol–water partition coefficient (Wildman–Crippen LogP) is 2.04. The second kappa shape index (κ2) is 5.40. The van der Waals surface area contributed by atoms with Crippen LogP contribution in [0.15, 0.2) is 23.1 Å². The fraction of sp³-hybridized carbons (Fsp3) is 0.538. The second-order valence-corrected chi connectivity index (χ2v) is 7.55. The van der Waals surface area contributed by atoms with E-state index in [1.807, 2.05) is 0 Å². The van der Waals surface area contributed by atoms with E-state index >= 15 is 0 Å². The van der Waals surface area contributed by atoms with Crippen molar-refractivity contribution in [2.24, 2.45) is 5.92 Å². The van der Waals surface area contributed by atoms with Gasteiger partial charge in [0.15, 0.2) is 0 Å². The van der Waals surface area contributed by atoms with Crippen molar-refractivity contribution in [1.82, 2.24) is 4.31 Å². The normalized spacial score (nSPS) is 17.7. The molecule has 1 N–H and O–H groups in total. The fourth-order valence-electron chi connectivity index (χ4n) is 2.06. The Balaban J connectivity index is 2.20. The van der Waals surface area contributed by atoms with E-state index in [0.29, 0.717) is 10.6 Å². The van der Waals surface area contributed by atoms with E-state index in [2.05, 4.69) is 0 Å². The summed E-state index contributed by atoms with van der Waals surface area (Å²) in [6.45, 7) is 1.85. The van der Waals surface area contributed by atoms with E-state index in [9.17, 15) is 13.5 Å². The van der Waals surface area contributed by atoms with Gasteiger partial charge in [0, 0.05) is 18.6 Å². The zero-order valence-electron chi connectivity index (χ0n) is 11.0. The quantitative estimate of drug-likeness (QED) is 0.905. The van der Waals surface area contributed by atoms with Gasteiger partial charge < -0.3 is 5.11 Å². The molecule has 0 bridgehead atoms. The first-order chi connectivity index (χ1) is 8.82. The molecule has 1 saturated carbocycles. The highest BCUT2D eigenvalue weighted by Gasteiger charge is 2.33. The van der Waals surface area contributed by atoms with Crippen LogP contribution in [0, 0.1) is 12.8 Å². The highest BCUT2D eigenvalue weighted by Crippen LogP contribution is 2.33. The first-order valence-electron chi connectivity index (χ1n) is 6.23. The summed E-state index contributed by atoms with van der Waals surface area (Å²) in [4.78, 5) is 0.238. The molecule has 0 radical (unpaired) electrons. The number of aliphatic hydroxyl groups excluding tert-OH is 1. The Labute approximate surface area is 119 Å². The van der Waals surface area contributed by atoms with Crippen molar-refractivity contribution in [3.8, 4) is 0 Å². The van der Waals surface area contributed by atoms with Gasteiger partial charge in [0.25, 0.3) is 0 Å². The van der Waals surface area contributed by atoms with Crippen LogP contribution >= 0.6 is 11.6 Å². The molecule has 0 saturated heterocycles. The first-order valence-corrected chi connectivity index (χ1v) is 8.04. The number of hydrogen-bond acceptors (Lipinski definition) is 3. The van der Waals surface area contributed by atoms with Crippen LogP contribution in [0.5, 0.6) is 0 Å². The summed E-state index contributed by atoms with van der Waals surface area (Å²) in [5, 5.41) is 10.4. The molecular formula is C13H18ClNO3S. The van der Waals surface area contributed by atoms with E-state index in [-0.39, 0.29) is 17.4 Å². The molecule has 1 fully saturated rings. The fourth-order valence-corrected chi connectivity index (χ4v) is 3.68. The summed E-state index contributed by atoms with van der Waals surface area (Å²) < 4.78 is 26.0. The number of hydrogen-bond donors (Lipinski definition) is 1. The molecule has 0 aliphatic heterocycles. The number of sulfonamides is 1. The Morgan fingerprint density at radius 1 is 1.47 bits per heavy atom. The zero-order chi connectivity index (χ0) is 14.2. The Hall–Kier alpha value is -0.620. The molecule has 0 aromatic heterocycles. The molecule has 6 heteroatoms. The number of halogens is 1. The van der Waals surface area contributed by atoms with Crippen LogP contribution < -0.4 is 0 Å². The van der Waals surface area contributed by atoms with Crippen molar-refractivity contribution in [2.45, 2.75) is 30.8 Å². The lowest BCUT2D eigenvalue weighted by atomic mass is 10.2. The van der Waals surface area contributed by atoms with Gasteiger partial charge in [-0.25, -0.2) is 8.42 Å². The van der Waals surface area contributed by atoms with Crippen molar-refractivity contribution in [1.29, 1.82) is 0 Å². The van der Waals surface area contributed by atoms with Crippen LogP contribution in [0.2, 0.25) is 5.02 Å². The Bertz CT molecular complexity index is 569. The maximum Gasteiger partial charge on any atom is 0.243 e. The number of aryl methyl sites for hydroxylation is 1. The number of likely N-dealkylation sites (N-methyl/N-ethyl adjacent to an activating group) is 1. The molecule has 1 unspecified atom stereocenters. The maximum atomic E-state index is 12.4. The van der Waals surface area contributed by atoms with Gasteiger partial charge in [0.1, 0.15) is 0 Å². The molecule has 106 valence electrons. The average Bonchev–Trinajstić information content (AvgIpc) is 3.11. The maximum absolute atomic E-state index is 12.4. The lowest BCUT2D eigenvalue weighted by molar-refractivity contribution is 0.131. The van der Waals surface area contributed by atoms with Crippen LogP contribution in [0.25, 0.3) is 0 Å². The molecule has 2 rings (SSSR count). The number of benzene rings is 1. The van der Waals surface area contributed by atoms with Gasteiger partial charge in [-0.05, 0) is 49.4 Å². The van der Waals surface area contributed by atoms with Crippen molar-refractivity contribution < 1.29 is 13.5 Å². The van der Waals surface area contributed by atoms with E-state index in [1.54, 1.807) is 19.1 Å². The number of rotatable bonds is 5. The van der Waals surface area contributed by atoms with E-state index in [0.717, 1.165) is 12.8 Å². The number of aliphatic hydroxyl groups is 1. The van der Waals surface area contributed by atoms with Gasteiger partial charge in [0.2, 0.25) is 10.0 Å². The van der Waals surface area contributed by atoms with Crippen molar-refractivity contribution in [2.75, 3.05) is 13.6 Å². The summed E-state index contributed by atoms with van der Waals surface area (Å²) >= 11 is 5.83. The molecule has 0 spiro atoms. The smallest absolute Gasteiger partial charge is 0.243 e. The first kappa shape index (κ1) is 14.8. The van der Waals surface area contributed by atoms with Gasteiger partial charge >= 0.3 is 0 Å². The van der Waals surface area contributed by atoms with Crippen molar-refractivity contribution in [3.05, 3.63) is 28.8 Å². The van der Waals surface area contributed by atoms with Crippen molar-refractivity contribution in [3.63, 3.8) is 0 Å². The van der Waals surface area contributed by atoms with Gasteiger partial charge in [0.05, 0.1) is 11.0 Å². The minimum absolute atomic E-state index is 0.134. The Morgan fingerprint density at radius 2 is 2.11 bits per heavy atom. The van der Waals surface area contributed by atoms with Gasteiger partial charge in [-0.2, -0.15) is 4.31 Å². The monoisotopic (exact) mass is 303 g/mol. The Kier molecular flexibility index (Phi) is 4.20. The summed E-state index contributed by atoms with van der Waals surface area (Å²) in [7, 11) is -2.08. The van der Waals surface area contributed by atoms with E-state index < -0.39 is 16.1 Å². The summed E-state index contributed by atoms with van der Waals surface area (Å²) in [6, 6.07) is 4.69. The van der Waals surface area contributed by atoms with Crippen LogP contribution in [0.1, 0.15) is 18.4 Å². The lowest BCUT2D eigenvalue weighted by Gasteiger charge is -2.21. The summed E-state index contributed by atoms with van der Waals surface area (Å²) in [5.41, 5.74) is 0.611. The predicted molar refractivity (Wildman–Crippen MR) is 74.7 cm³/mol. The van der Waals surface area contributed by atoms with E-state index in [4.69, 9.17) is 11.6 Å². The van der Waals surface area contributed by atoms with Gasteiger partial charge in [-0.1, -0.05) is 11.6 Å². The molecule has 0 amide bonds. The summed E-state index contributed by atoms with van der Waals surface area (Å²) in [5.74, 6) is 0.254. The molecule has 4 nitrogen and oxygen atoms in total. The Morgan fingerprint density at radius 3 is 2.63 bits per heavy atom. The topological polar surface area (TPSA) is 57.6 Å². The van der Waals surface area contributed by atoms with Gasteiger partial charge in [-0.15, -0.1) is 0 Å². The molecule has 1 aliphatic rings. The molecular weight excluding hydrogens is 286 g/mol. The van der Waals surface area contributed by atoms with Crippen LogP contribution in [0.4, 0.5) is 0 Å². The lowest BCUT2D eigenvalue weighted by Crippen LogP contribution is -2.35. The second-order valence-electron chi connectivity index (χ2n) is 5.10. The standard InChI is InChI=1S/C13H18ClNO3S/c1-9-7-11(14)5-6-13(9)19(17,18)15(2)8-12(16)10-3-4-10/h5-7,10,12,16H,3-4,8H2,1-2H3. The highest BCUT2D eigenvalue weighted by molar-refractivity contribution is 7.89. The van der Waals surface area contributed by atoms with Crippen LogP contribution in [-0.4, -0.2) is 37.5 Å². The molecule has 1 aliphatic carbocycles. The molecule has 1 aromatic rings. The zero-order valence-corrected chi connectivity index (χ0v) is 12.6.